The molecule has 2 aromatic carbocycles. The van der Waals surface area contributed by atoms with E-state index in [1.165, 1.54) is 11.8 Å². The Morgan fingerprint density at radius 1 is 1.03 bits per heavy atom. The maximum absolute atomic E-state index is 13.1. The van der Waals surface area contributed by atoms with E-state index in [4.69, 9.17) is 4.42 Å². The van der Waals surface area contributed by atoms with Gasteiger partial charge in [-0.25, -0.2) is 8.42 Å². The van der Waals surface area contributed by atoms with Crippen molar-refractivity contribution < 1.29 is 17.6 Å². The number of hydrogen-bond acceptors (Lipinski definition) is 4. The Labute approximate surface area is 171 Å². The van der Waals surface area contributed by atoms with Crippen LogP contribution in [0.5, 0.6) is 0 Å². The van der Waals surface area contributed by atoms with Crippen LogP contribution in [0.25, 0.3) is 11.0 Å². The summed E-state index contributed by atoms with van der Waals surface area (Å²) in [6.07, 6.45) is 5.48. The molecule has 3 aromatic rings. The summed E-state index contributed by atoms with van der Waals surface area (Å²) in [5, 5.41) is 3.71. The number of nitrogens with one attached hydrogen (secondary N) is 1. The number of benzene rings is 2. The molecule has 4 rings (SSSR count). The van der Waals surface area contributed by atoms with E-state index < -0.39 is 9.84 Å². The van der Waals surface area contributed by atoms with Crippen molar-refractivity contribution in [3.63, 3.8) is 0 Å². The minimum absolute atomic E-state index is 0.0834. The topological polar surface area (TPSA) is 76.4 Å². The highest BCUT2D eigenvalue weighted by atomic mass is 32.2. The molecular weight excluding hydrogens is 386 g/mol. The summed E-state index contributed by atoms with van der Waals surface area (Å²) in [7, 11) is -3.32. The molecule has 5 nitrogen and oxygen atoms in total. The summed E-state index contributed by atoms with van der Waals surface area (Å²) in [5.74, 6) is -0.490. The first-order valence-electron chi connectivity index (χ1n) is 9.90. The third-order valence-electron chi connectivity index (χ3n) is 5.85. The first-order valence-corrected chi connectivity index (χ1v) is 12.0. The molecular formula is C23H25NO4S. The standard InChI is InChI=1S/C23H25NO4S/c1-29(26,27)15-19-18-11-5-6-12-20(18)28-21(19)22(25)24-16-23(13-7-8-14-23)17-9-3-2-4-10-17/h2-6,9-12H,7-8,13-16H2,1H3,(H,24,25). The molecule has 29 heavy (non-hydrogen) atoms. The number of furan rings is 1. The highest BCUT2D eigenvalue weighted by Gasteiger charge is 2.36. The molecule has 6 heteroatoms. The van der Waals surface area contributed by atoms with Gasteiger partial charge in [0.1, 0.15) is 5.58 Å². The Kier molecular flexibility index (Phi) is 5.21. The van der Waals surface area contributed by atoms with Crippen LogP contribution >= 0.6 is 0 Å². The number of hydrogen-bond donors (Lipinski definition) is 1. The zero-order valence-electron chi connectivity index (χ0n) is 16.5. The van der Waals surface area contributed by atoms with Gasteiger partial charge < -0.3 is 9.73 Å². The largest absolute Gasteiger partial charge is 0.451 e. The monoisotopic (exact) mass is 411 g/mol. The summed E-state index contributed by atoms with van der Waals surface area (Å²) < 4.78 is 29.7. The summed E-state index contributed by atoms with van der Waals surface area (Å²) >= 11 is 0. The lowest BCUT2D eigenvalue weighted by Crippen LogP contribution is -2.39. The molecule has 152 valence electrons. The predicted octanol–water partition coefficient (Wildman–Crippen LogP) is 4.22. The van der Waals surface area contributed by atoms with Gasteiger partial charge in [-0.1, -0.05) is 61.4 Å². The van der Waals surface area contributed by atoms with Crippen LogP contribution in [0.4, 0.5) is 0 Å². The Bertz CT molecular complexity index is 1130. The van der Waals surface area contributed by atoms with Gasteiger partial charge in [-0.3, -0.25) is 4.79 Å². The summed E-state index contributed by atoms with van der Waals surface area (Å²) in [6, 6.07) is 17.5. The molecule has 1 aliphatic carbocycles. The molecule has 1 aliphatic rings. The first kappa shape index (κ1) is 19.7. The Morgan fingerprint density at radius 2 is 1.69 bits per heavy atom. The molecule has 1 fully saturated rings. The lowest BCUT2D eigenvalue weighted by molar-refractivity contribution is 0.0916. The van der Waals surface area contributed by atoms with E-state index >= 15 is 0 Å². The van der Waals surface area contributed by atoms with Gasteiger partial charge in [0, 0.05) is 29.2 Å². The van der Waals surface area contributed by atoms with Gasteiger partial charge in [0.05, 0.1) is 5.75 Å². The second-order valence-electron chi connectivity index (χ2n) is 8.01. The highest BCUT2D eigenvalue weighted by molar-refractivity contribution is 7.89. The van der Waals surface area contributed by atoms with Crippen LogP contribution in [-0.4, -0.2) is 27.1 Å². The number of amides is 1. The fourth-order valence-corrected chi connectivity index (χ4v) is 5.24. The highest BCUT2D eigenvalue weighted by Crippen LogP contribution is 2.40. The number of fused-ring (bicyclic) bond motifs is 1. The maximum atomic E-state index is 13.1. The SMILES string of the molecule is CS(=O)(=O)Cc1c(C(=O)NCC2(c3ccccc3)CCCC2)oc2ccccc12. The Balaban J connectivity index is 1.63. The molecule has 1 heterocycles. The molecule has 1 saturated carbocycles. The van der Waals surface area contributed by atoms with Gasteiger partial charge in [-0.2, -0.15) is 0 Å². The second-order valence-corrected chi connectivity index (χ2v) is 10.2. The van der Waals surface area contributed by atoms with E-state index in [2.05, 4.69) is 17.4 Å². The van der Waals surface area contributed by atoms with Crippen LogP contribution < -0.4 is 5.32 Å². The molecule has 0 unspecified atom stereocenters. The van der Waals surface area contributed by atoms with Crippen LogP contribution in [0.1, 0.15) is 47.4 Å². The second kappa shape index (κ2) is 7.67. The van der Waals surface area contributed by atoms with Gasteiger partial charge in [0.2, 0.25) is 0 Å². The van der Waals surface area contributed by atoms with Crippen molar-refractivity contribution in [3.05, 3.63) is 71.5 Å². The van der Waals surface area contributed by atoms with Crippen LogP contribution in [0.3, 0.4) is 0 Å². The van der Waals surface area contributed by atoms with Crippen LogP contribution in [0.15, 0.2) is 59.0 Å². The van der Waals surface area contributed by atoms with Crippen molar-refractivity contribution in [2.45, 2.75) is 36.9 Å². The van der Waals surface area contributed by atoms with Crippen molar-refractivity contribution in [3.8, 4) is 0 Å². The van der Waals surface area contributed by atoms with E-state index in [-0.39, 0.29) is 22.8 Å². The third kappa shape index (κ3) is 4.08. The zero-order valence-corrected chi connectivity index (χ0v) is 17.3. The number of carbonyl (C=O) groups is 1. The number of para-hydroxylation sites is 1. The van der Waals surface area contributed by atoms with Crippen molar-refractivity contribution >= 4 is 26.7 Å². The number of rotatable bonds is 6. The fraction of sp³-hybridized carbons (Fsp3) is 0.348. The summed E-state index contributed by atoms with van der Waals surface area (Å²) in [4.78, 5) is 13.1. The van der Waals surface area contributed by atoms with Gasteiger partial charge in [0.25, 0.3) is 5.91 Å². The summed E-state index contributed by atoms with van der Waals surface area (Å²) in [6.45, 7) is 0.505. The van der Waals surface area contributed by atoms with Crippen LogP contribution in [0, 0.1) is 0 Å². The van der Waals surface area contributed by atoms with E-state index in [9.17, 15) is 13.2 Å². The maximum Gasteiger partial charge on any atom is 0.287 e. The van der Waals surface area contributed by atoms with Crippen LogP contribution in [0.2, 0.25) is 0 Å². The normalized spacial score (nSPS) is 16.2. The van der Waals surface area contributed by atoms with Crippen LogP contribution in [-0.2, 0) is 21.0 Å². The van der Waals surface area contributed by atoms with E-state index in [0.717, 1.165) is 25.7 Å². The quantitative estimate of drug-likeness (QED) is 0.659. The first-order chi connectivity index (χ1) is 13.9. The Hall–Kier alpha value is -2.60. The molecule has 1 N–H and O–H groups in total. The van der Waals surface area contributed by atoms with Gasteiger partial charge in [-0.05, 0) is 24.5 Å². The summed E-state index contributed by atoms with van der Waals surface area (Å²) in [5.41, 5.74) is 2.11. The van der Waals surface area contributed by atoms with E-state index in [1.54, 1.807) is 18.2 Å². The zero-order chi connectivity index (χ0) is 20.5. The lowest BCUT2D eigenvalue weighted by Gasteiger charge is -2.30. The average Bonchev–Trinajstić information content (AvgIpc) is 3.32. The molecule has 0 bridgehead atoms. The molecule has 1 aromatic heterocycles. The lowest BCUT2D eigenvalue weighted by atomic mass is 9.79. The Morgan fingerprint density at radius 3 is 2.38 bits per heavy atom. The van der Waals surface area contributed by atoms with Crippen molar-refractivity contribution in [2.24, 2.45) is 0 Å². The van der Waals surface area contributed by atoms with Crippen molar-refractivity contribution in [1.29, 1.82) is 0 Å². The van der Waals surface area contributed by atoms with Crippen molar-refractivity contribution in [1.82, 2.24) is 5.32 Å². The third-order valence-corrected chi connectivity index (χ3v) is 6.66. The minimum atomic E-state index is -3.32. The van der Waals surface area contributed by atoms with E-state index in [0.29, 0.717) is 23.1 Å². The molecule has 0 aliphatic heterocycles. The van der Waals surface area contributed by atoms with Crippen molar-refractivity contribution in [2.75, 3.05) is 12.8 Å². The predicted molar refractivity (Wildman–Crippen MR) is 114 cm³/mol. The van der Waals surface area contributed by atoms with Gasteiger partial charge >= 0.3 is 0 Å². The fourth-order valence-electron chi connectivity index (χ4n) is 4.43. The van der Waals surface area contributed by atoms with Gasteiger partial charge in [0.15, 0.2) is 15.6 Å². The molecule has 0 spiro atoms. The minimum Gasteiger partial charge on any atom is -0.451 e. The molecule has 1 amide bonds. The van der Waals surface area contributed by atoms with Gasteiger partial charge in [-0.15, -0.1) is 0 Å². The number of carbonyl (C=O) groups excluding carboxylic acids is 1. The average molecular weight is 412 g/mol. The smallest absolute Gasteiger partial charge is 0.287 e. The van der Waals surface area contributed by atoms with E-state index in [1.807, 2.05) is 24.3 Å². The number of sulfone groups is 1. The molecule has 0 atom stereocenters. The molecule has 0 saturated heterocycles. The molecule has 0 radical (unpaired) electrons.